The number of nitrogens with zero attached hydrogens (tertiary/aromatic N) is 2. The third-order valence-corrected chi connectivity index (χ3v) is 7.13. The molecule has 4 rings (SSSR count). The number of hydrogen-bond donors (Lipinski definition) is 3. The maximum absolute atomic E-state index is 13.1. The number of aliphatic hydroxyl groups excluding tert-OH is 1. The van der Waals surface area contributed by atoms with Crippen molar-refractivity contribution in [2.24, 2.45) is 11.8 Å². The summed E-state index contributed by atoms with van der Waals surface area (Å²) < 4.78 is 5.34. The Morgan fingerprint density at radius 3 is 2.75 bits per heavy atom. The van der Waals surface area contributed by atoms with Crippen LogP contribution in [-0.2, 0) is 16.0 Å². The fourth-order valence-corrected chi connectivity index (χ4v) is 5.34. The molecule has 1 aliphatic carbocycles. The van der Waals surface area contributed by atoms with Gasteiger partial charge in [0.1, 0.15) is 0 Å². The largest absolute Gasteiger partial charge is 0.394 e. The molecule has 32 heavy (non-hydrogen) atoms. The Hall–Kier alpha value is -2.00. The summed E-state index contributed by atoms with van der Waals surface area (Å²) >= 11 is 0. The number of hydrazine groups is 1. The van der Waals surface area contributed by atoms with Crippen LogP contribution in [-0.4, -0.2) is 85.3 Å². The molecule has 3 aliphatic rings. The third-order valence-electron chi connectivity index (χ3n) is 7.13. The first-order chi connectivity index (χ1) is 15.7. The highest BCUT2D eigenvalue weighted by atomic mass is 16.5. The summed E-state index contributed by atoms with van der Waals surface area (Å²) in [7, 11) is 0. The second kappa shape index (κ2) is 11.2. The second-order valence-corrected chi connectivity index (χ2v) is 9.17. The fourth-order valence-electron chi connectivity index (χ4n) is 5.34. The lowest BCUT2D eigenvalue weighted by molar-refractivity contribution is -0.133. The Morgan fingerprint density at radius 1 is 1.12 bits per heavy atom. The van der Waals surface area contributed by atoms with Crippen LogP contribution in [0.5, 0.6) is 0 Å². The number of benzene rings is 1. The number of amides is 2. The number of carbonyl (C=O) groups is 2. The van der Waals surface area contributed by atoms with Gasteiger partial charge in [0.15, 0.2) is 0 Å². The average molecular weight is 445 g/mol. The summed E-state index contributed by atoms with van der Waals surface area (Å²) in [5.41, 5.74) is 7.98. The molecule has 2 aliphatic heterocycles. The highest BCUT2D eigenvalue weighted by molar-refractivity contribution is 5.94. The topological polar surface area (TPSA) is 94.1 Å². The van der Waals surface area contributed by atoms with E-state index in [1.165, 1.54) is 6.42 Å². The first-order valence-corrected chi connectivity index (χ1v) is 12.0. The van der Waals surface area contributed by atoms with Crippen molar-refractivity contribution in [1.29, 1.82) is 0 Å². The summed E-state index contributed by atoms with van der Waals surface area (Å²) in [6.07, 6.45) is 5.19. The number of rotatable bonds is 8. The molecule has 1 saturated carbocycles. The Balaban J connectivity index is 1.31. The summed E-state index contributed by atoms with van der Waals surface area (Å²) in [6.45, 7) is 4.95. The lowest BCUT2D eigenvalue weighted by Gasteiger charge is -2.41. The van der Waals surface area contributed by atoms with E-state index in [1.54, 1.807) is 0 Å². The van der Waals surface area contributed by atoms with Gasteiger partial charge in [-0.3, -0.25) is 19.9 Å². The van der Waals surface area contributed by atoms with Crippen molar-refractivity contribution in [2.45, 2.75) is 38.1 Å². The zero-order valence-electron chi connectivity index (χ0n) is 18.8. The van der Waals surface area contributed by atoms with Gasteiger partial charge in [0, 0.05) is 50.2 Å². The summed E-state index contributed by atoms with van der Waals surface area (Å²) in [5, 5.41) is 8.78. The van der Waals surface area contributed by atoms with Crippen molar-refractivity contribution < 1.29 is 19.4 Å². The molecule has 1 aromatic rings. The molecule has 2 saturated heterocycles. The smallest absolute Gasteiger partial charge is 0.253 e. The summed E-state index contributed by atoms with van der Waals surface area (Å²) in [5.74, 6) is 0.703. The van der Waals surface area contributed by atoms with E-state index < -0.39 is 0 Å². The lowest BCUT2D eigenvalue weighted by atomic mass is 9.72. The Kier molecular flexibility index (Phi) is 8.13. The minimum Gasteiger partial charge on any atom is -0.394 e. The molecule has 2 heterocycles. The van der Waals surface area contributed by atoms with Gasteiger partial charge in [0.05, 0.1) is 19.8 Å². The number of aliphatic hydroxyl groups is 1. The zero-order chi connectivity index (χ0) is 22.3. The van der Waals surface area contributed by atoms with Crippen molar-refractivity contribution >= 4 is 11.8 Å². The van der Waals surface area contributed by atoms with Gasteiger partial charge in [0.2, 0.25) is 5.91 Å². The van der Waals surface area contributed by atoms with Crippen LogP contribution in [0.2, 0.25) is 0 Å². The predicted molar refractivity (Wildman–Crippen MR) is 121 cm³/mol. The van der Waals surface area contributed by atoms with Crippen LogP contribution in [0, 0.1) is 11.8 Å². The van der Waals surface area contributed by atoms with E-state index in [4.69, 9.17) is 9.84 Å². The monoisotopic (exact) mass is 444 g/mol. The van der Waals surface area contributed by atoms with Crippen LogP contribution in [0.1, 0.15) is 41.6 Å². The minimum absolute atomic E-state index is 0.0496. The molecule has 1 aromatic carbocycles. The first kappa shape index (κ1) is 23.2. The first-order valence-electron chi connectivity index (χ1n) is 12.0. The highest BCUT2D eigenvalue weighted by Crippen LogP contribution is 2.35. The summed E-state index contributed by atoms with van der Waals surface area (Å²) in [6, 6.07) is 8.18. The fraction of sp³-hybridized carbons (Fsp3) is 0.667. The summed E-state index contributed by atoms with van der Waals surface area (Å²) in [4.78, 5) is 29.5. The number of hydrogen-bond acceptors (Lipinski definition) is 6. The van der Waals surface area contributed by atoms with Gasteiger partial charge in [-0.2, -0.15) is 0 Å². The van der Waals surface area contributed by atoms with Crippen LogP contribution >= 0.6 is 0 Å². The average Bonchev–Trinajstić information content (AvgIpc) is 2.84. The van der Waals surface area contributed by atoms with Crippen LogP contribution in [0.3, 0.4) is 0 Å². The Labute approximate surface area is 190 Å². The van der Waals surface area contributed by atoms with E-state index in [-0.39, 0.29) is 30.4 Å². The van der Waals surface area contributed by atoms with Crippen molar-refractivity contribution in [3.8, 4) is 0 Å². The van der Waals surface area contributed by atoms with Crippen molar-refractivity contribution in [2.75, 3.05) is 52.5 Å². The van der Waals surface area contributed by atoms with Crippen LogP contribution < -0.4 is 10.9 Å². The molecular formula is C24H36N4O4. The van der Waals surface area contributed by atoms with Crippen molar-refractivity contribution in [1.82, 2.24) is 20.7 Å². The van der Waals surface area contributed by atoms with Crippen molar-refractivity contribution in [3.05, 3.63) is 35.4 Å². The van der Waals surface area contributed by atoms with Gasteiger partial charge >= 0.3 is 0 Å². The van der Waals surface area contributed by atoms with E-state index in [0.717, 1.165) is 56.4 Å². The molecule has 3 fully saturated rings. The van der Waals surface area contributed by atoms with E-state index in [9.17, 15) is 9.59 Å². The zero-order valence-corrected chi connectivity index (χ0v) is 18.8. The van der Waals surface area contributed by atoms with E-state index >= 15 is 0 Å². The maximum Gasteiger partial charge on any atom is 0.253 e. The van der Waals surface area contributed by atoms with Gasteiger partial charge in [0.25, 0.3) is 5.91 Å². The van der Waals surface area contributed by atoms with Gasteiger partial charge in [-0.25, -0.2) is 5.43 Å². The normalized spacial score (nSPS) is 26.5. The van der Waals surface area contributed by atoms with Crippen molar-refractivity contribution in [3.63, 3.8) is 0 Å². The predicted octanol–water partition coefficient (Wildman–Crippen LogP) is 0.805. The molecule has 3 N–H and O–H groups in total. The molecule has 0 bridgehead atoms. The standard InChI is InChI=1S/C24H36N4O4/c29-13-15-32-14-12-27-8-10-28(11-9-27)24(31)19-5-3-4-18(16-19)17-22-20-6-1-2-7-21(20)23(30)26-25-22/h3-5,16,20-22,25,29H,1-2,6-15,17H2,(H,26,30). The number of ether oxygens (including phenoxy) is 1. The molecule has 8 heteroatoms. The minimum atomic E-state index is 0.0496. The van der Waals surface area contributed by atoms with E-state index in [1.807, 2.05) is 23.1 Å². The number of carbonyl (C=O) groups excluding carboxylic acids is 2. The van der Waals surface area contributed by atoms with Gasteiger partial charge in [-0.05, 0) is 42.9 Å². The SMILES string of the molecule is O=C1NNC(Cc2cccc(C(=O)N3CCN(CCOCCO)CC3)c2)C2CCCCC12. The van der Waals surface area contributed by atoms with E-state index in [2.05, 4.69) is 21.8 Å². The number of fused-ring (bicyclic) bond motifs is 1. The molecule has 8 nitrogen and oxygen atoms in total. The van der Waals surface area contributed by atoms with Crippen LogP contribution in [0.15, 0.2) is 24.3 Å². The molecule has 0 aromatic heterocycles. The molecule has 0 radical (unpaired) electrons. The molecule has 2 amide bonds. The quantitative estimate of drug-likeness (QED) is 0.514. The Morgan fingerprint density at radius 2 is 1.94 bits per heavy atom. The number of nitrogens with one attached hydrogen (secondary N) is 2. The molecular weight excluding hydrogens is 408 g/mol. The third kappa shape index (κ3) is 5.67. The van der Waals surface area contributed by atoms with E-state index in [0.29, 0.717) is 32.2 Å². The van der Waals surface area contributed by atoms with Crippen LogP contribution in [0.25, 0.3) is 0 Å². The van der Waals surface area contributed by atoms with Gasteiger partial charge < -0.3 is 14.7 Å². The highest BCUT2D eigenvalue weighted by Gasteiger charge is 2.39. The second-order valence-electron chi connectivity index (χ2n) is 9.17. The molecule has 176 valence electrons. The molecule has 3 atom stereocenters. The Bertz CT molecular complexity index is 781. The number of piperazine rings is 1. The molecule has 3 unspecified atom stereocenters. The lowest BCUT2D eigenvalue weighted by Crippen LogP contribution is -2.60. The maximum atomic E-state index is 13.1. The molecule has 0 spiro atoms. The van der Waals surface area contributed by atoms with Gasteiger partial charge in [-0.15, -0.1) is 0 Å². The van der Waals surface area contributed by atoms with Crippen LogP contribution in [0.4, 0.5) is 0 Å². The van der Waals surface area contributed by atoms with Gasteiger partial charge in [-0.1, -0.05) is 25.0 Å².